The summed E-state index contributed by atoms with van der Waals surface area (Å²) in [5, 5.41) is 44.8. The minimum absolute atomic E-state index is 0.239. The number of rotatable bonds is 38. The molecule has 1 saturated heterocycles. The van der Waals surface area contributed by atoms with Crippen LogP contribution in [-0.2, 0) is 28.9 Å². The number of aliphatic hydroxyl groups excluding tert-OH is 4. The fraction of sp³-hybridized carbons (Fsp3) is 0.886. The summed E-state index contributed by atoms with van der Waals surface area (Å²) in [4.78, 5) is 13.0. The van der Waals surface area contributed by atoms with Gasteiger partial charge in [0.05, 0.1) is 25.4 Å². The Labute approximate surface area is 346 Å². The molecule has 7 unspecified atom stereocenters. The Hall–Kier alpha value is -1.42. The molecule has 0 radical (unpaired) electrons. The normalized spacial score (nSPS) is 21.4. The molecule has 57 heavy (non-hydrogen) atoms. The van der Waals surface area contributed by atoms with E-state index in [4.69, 9.17) is 9.47 Å². The smallest absolute Gasteiger partial charge is 0.394 e. The van der Waals surface area contributed by atoms with E-state index < -0.39 is 59.9 Å². The quantitative estimate of drug-likeness (QED) is 0.0198. The Morgan fingerprint density at radius 2 is 1.18 bits per heavy atom. The average molecular weight is 834 g/mol. The summed E-state index contributed by atoms with van der Waals surface area (Å²) in [7, 11) is -5.07. The van der Waals surface area contributed by atoms with E-state index in [9.17, 15) is 38.2 Å². The molecule has 1 aliphatic heterocycles. The summed E-state index contributed by atoms with van der Waals surface area (Å²) in [5.74, 6) is -0.239. The summed E-state index contributed by atoms with van der Waals surface area (Å²) in [6.45, 7) is 3.40. The fourth-order valence-corrected chi connectivity index (χ4v) is 7.70. The van der Waals surface area contributed by atoms with Gasteiger partial charge in [-0.05, 0) is 44.9 Å². The van der Waals surface area contributed by atoms with Crippen LogP contribution in [0, 0.1) is 0 Å². The van der Waals surface area contributed by atoms with Crippen molar-refractivity contribution in [3.05, 3.63) is 24.3 Å². The Morgan fingerprint density at radius 3 is 1.70 bits per heavy atom. The predicted octanol–water partition coefficient (Wildman–Crippen LogP) is 8.55. The number of aliphatic hydroxyl groups is 4. The van der Waals surface area contributed by atoms with Crippen molar-refractivity contribution >= 4 is 16.3 Å². The van der Waals surface area contributed by atoms with Crippen LogP contribution < -0.4 is 5.32 Å². The van der Waals surface area contributed by atoms with Crippen molar-refractivity contribution in [2.75, 3.05) is 13.2 Å². The van der Waals surface area contributed by atoms with Crippen molar-refractivity contribution in [2.45, 2.75) is 236 Å². The van der Waals surface area contributed by atoms with Gasteiger partial charge in [-0.3, -0.25) is 9.35 Å². The SMILES string of the molecule is CCCCC/C=C\C/C=C\CCCCCCCCCC(=O)NC(COC1OC(CO)C(O)C(OS(=O)(=O)O)C1O)C(O)CCCCCCCCCCCCCCC. The number of nitrogens with one attached hydrogen (secondary N) is 1. The second-order valence-electron chi connectivity index (χ2n) is 16.0. The minimum atomic E-state index is -5.07. The van der Waals surface area contributed by atoms with Crippen molar-refractivity contribution in [3.8, 4) is 0 Å². The molecule has 1 aliphatic rings. The molecule has 1 fully saturated rings. The van der Waals surface area contributed by atoms with Crippen LogP contribution in [0.5, 0.6) is 0 Å². The lowest BCUT2D eigenvalue weighted by Gasteiger charge is -2.41. The molecule has 13 heteroatoms. The topological polar surface area (TPSA) is 192 Å². The lowest BCUT2D eigenvalue weighted by Crippen LogP contribution is -2.61. The van der Waals surface area contributed by atoms with E-state index in [-0.39, 0.29) is 18.9 Å². The molecular formula is C44H83NO11S. The minimum Gasteiger partial charge on any atom is -0.394 e. The van der Waals surface area contributed by atoms with Crippen molar-refractivity contribution in [2.24, 2.45) is 0 Å². The van der Waals surface area contributed by atoms with Crippen LogP contribution >= 0.6 is 0 Å². The van der Waals surface area contributed by atoms with Gasteiger partial charge in [0.25, 0.3) is 0 Å². The lowest BCUT2D eigenvalue weighted by atomic mass is 9.99. The van der Waals surface area contributed by atoms with Crippen LogP contribution in [0.15, 0.2) is 24.3 Å². The highest BCUT2D eigenvalue weighted by Crippen LogP contribution is 2.26. The third-order valence-corrected chi connectivity index (χ3v) is 11.2. The second-order valence-corrected chi connectivity index (χ2v) is 17.0. The number of carbonyl (C=O) groups is 1. The molecule has 0 spiro atoms. The van der Waals surface area contributed by atoms with E-state index in [1.165, 1.54) is 103 Å². The van der Waals surface area contributed by atoms with Gasteiger partial charge in [-0.1, -0.05) is 167 Å². The van der Waals surface area contributed by atoms with Gasteiger partial charge in [-0.25, -0.2) is 4.18 Å². The zero-order valence-electron chi connectivity index (χ0n) is 35.7. The first-order valence-electron chi connectivity index (χ1n) is 22.7. The van der Waals surface area contributed by atoms with Gasteiger partial charge in [0, 0.05) is 6.42 Å². The third-order valence-electron chi connectivity index (χ3n) is 10.8. The van der Waals surface area contributed by atoms with E-state index >= 15 is 0 Å². The standard InChI is InChI=1S/C44H83NO11S/c1-3-5-7-9-11-13-15-17-18-19-20-22-24-26-28-30-32-34-40(48)45-37(38(47)33-31-29-27-25-23-21-16-14-12-10-8-6-4-2)36-54-44-42(50)43(56-57(51,52)53)41(49)39(35-46)55-44/h11,13,17-18,37-39,41-44,46-47,49-50H,3-10,12,14-16,19-36H2,1-2H3,(H,45,48)(H,51,52,53)/b13-11-,18-17-. The summed E-state index contributed by atoms with van der Waals surface area (Å²) in [6, 6.07) is -0.859. The molecule has 0 aromatic heterocycles. The van der Waals surface area contributed by atoms with Crippen LogP contribution in [0.4, 0.5) is 0 Å². The van der Waals surface area contributed by atoms with Gasteiger partial charge in [-0.2, -0.15) is 8.42 Å². The van der Waals surface area contributed by atoms with E-state index in [2.05, 4.69) is 47.7 Å². The highest BCUT2D eigenvalue weighted by Gasteiger charge is 2.48. The van der Waals surface area contributed by atoms with Crippen LogP contribution in [0.1, 0.15) is 194 Å². The molecule has 1 amide bonds. The molecule has 0 aromatic carbocycles. The number of allylic oxidation sites excluding steroid dienone is 4. The first-order valence-corrected chi connectivity index (χ1v) is 24.1. The highest BCUT2D eigenvalue weighted by molar-refractivity contribution is 7.80. The van der Waals surface area contributed by atoms with E-state index in [0.717, 1.165) is 57.8 Å². The number of hydrogen-bond donors (Lipinski definition) is 6. The lowest BCUT2D eigenvalue weighted by molar-refractivity contribution is -0.298. The molecule has 0 aliphatic carbocycles. The Morgan fingerprint density at radius 1 is 0.702 bits per heavy atom. The predicted molar refractivity (Wildman–Crippen MR) is 227 cm³/mol. The molecule has 7 atom stereocenters. The maximum absolute atomic E-state index is 13.0. The van der Waals surface area contributed by atoms with E-state index in [1.807, 2.05) is 0 Å². The summed E-state index contributed by atoms with van der Waals surface area (Å²) >= 11 is 0. The number of carbonyl (C=O) groups excluding carboxylic acids is 1. The van der Waals surface area contributed by atoms with E-state index in [0.29, 0.717) is 12.8 Å². The maximum atomic E-state index is 13.0. The maximum Gasteiger partial charge on any atom is 0.397 e. The van der Waals surface area contributed by atoms with Crippen LogP contribution in [0.25, 0.3) is 0 Å². The summed E-state index contributed by atoms with van der Waals surface area (Å²) in [6.07, 6.45) is 30.3. The molecule has 12 nitrogen and oxygen atoms in total. The number of amides is 1. The average Bonchev–Trinajstić information content (AvgIpc) is 3.18. The van der Waals surface area contributed by atoms with Gasteiger partial charge >= 0.3 is 10.4 Å². The number of ether oxygens (including phenoxy) is 2. The van der Waals surface area contributed by atoms with Crippen molar-refractivity contribution in [3.63, 3.8) is 0 Å². The second kappa shape index (κ2) is 35.3. The fourth-order valence-electron chi connectivity index (χ4n) is 7.19. The van der Waals surface area contributed by atoms with Gasteiger partial charge in [-0.15, -0.1) is 0 Å². The molecule has 6 N–H and O–H groups in total. The number of unbranched alkanes of at least 4 members (excludes halogenated alkanes) is 22. The molecule has 0 bridgehead atoms. The molecule has 1 heterocycles. The first-order chi connectivity index (χ1) is 27.5. The molecular weight excluding hydrogens is 751 g/mol. The molecule has 0 saturated carbocycles. The van der Waals surface area contributed by atoms with Gasteiger partial charge in [0.2, 0.25) is 5.91 Å². The first kappa shape index (κ1) is 53.6. The van der Waals surface area contributed by atoms with Crippen LogP contribution in [0.2, 0.25) is 0 Å². The Bertz CT molecular complexity index is 1120. The number of hydrogen-bond acceptors (Lipinski definition) is 10. The van der Waals surface area contributed by atoms with Gasteiger partial charge in [0.1, 0.15) is 24.4 Å². The molecule has 1 rings (SSSR count). The Kier molecular flexibility index (Phi) is 33.2. The summed E-state index contributed by atoms with van der Waals surface area (Å²) < 4.78 is 47.6. The van der Waals surface area contributed by atoms with Crippen molar-refractivity contribution in [1.82, 2.24) is 5.32 Å². The monoisotopic (exact) mass is 834 g/mol. The molecule has 0 aromatic rings. The Balaban J connectivity index is 2.51. The summed E-state index contributed by atoms with van der Waals surface area (Å²) in [5.41, 5.74) is 0. The van der Waals surface area contributed by atoms with Gasteiger partial charge < -0.3 is 35.2 Å². The molecule has 336 valence electrons. The van der Waals surface area contributed by atoms with E-state index in [1.54, 1.807) is 0 Å². The third kappa shape index (κ3) is 28.6. The highest BCUT2D eigenvalue weighted by atomic mass is 32.3. The largest absolute Gasteiger partial charge is 0.397 e. The van der Waals surface area contributed by atoms with Crippen LogP contribution in [-0.4, -0.2) is 95.4 Å². The van der Waals surface area contributed by atoms with Gasteiger partial charge in [0.15, 0.2) is 6.29 Å². The van der Waals surface area contributed by atoms with Crippen molar-refractivity contribution < 1.29 is 51.8 Å². The zero-order chi connectivity index (χ0) is 42.0. The van der Waals surface area contributed by atoms with Crippen LogP contribution in [0.3, 0.4) is 0 Å². The zero-order valence-corrected chi connectivity index (χ0v) is 36.5. The van der Waals surface area contributed by atoms with Crippen molar-refractivity contribution in [1.29, 1.82) is 0 Å².